The summed E-state index contributed by atoms with van der Waals surface area (Å²) >= 11 is 1.89. The van der Waals surface area contributed by atoms with E-state index in [4.69, 9.17) is 0 Å². The molecule has 0 saturated heterocycles. The number of thiophene rings is 1. The lowest BCUT2D eigenvalue weighted by Gasteiger charge is -2.26. The molecule has 0 amide bonds. The molecule has 0 aliphatic heterocycles. The smallest absolute Gasteiger partial charge is 0.0390 e. The first kappa shape index (κ1) is 14.1. The first-order valence-electron chi connectivity index (χ1n) is 8.03. The van der Waals surface area contributed by atoms with Crippen LogP contribution in [-0.2, 0) is 0 Å². The van der Waals surface area contributed by atoms with Gasteiger partial charge in [0.25, 0.3) is 0 Å². The summed E-state index contributed by atoms with van der Waals surface area (Å²) in [5.74, 6) is 1.76. The zero-order valence-electron chi connectivity index (χ0n) is 12.6. The minimum Gasteiger partial charge on any atom is -0.310 e. The largest absolute Gasteiger partial charge is 0.310 e. The molecule has 1 aliphatic rings. The Morgan fingerprint density at radius 2 is 2.15 bits per heavy atom. The number of rotatable bonds is 5. The molecule has 3 atom stereocenters. The van der Waals surface area contributed by atoms with Crippen molar-refractivity contribution in [1.82, 2.24) is 5.32 Å². The van der Waals surface area contributed by atoms with E-state index in [0.29, 0.717) is 6.04 Å². The van der Waals surface area contributed by atoms with E-state index in [1.807, 2.05) is 11.3 Å². The fourth-order valence-electron chi connectivity index (χ4n) is 3.80. The molecular weight excluding hydrogens is 262 g/mol. The molecule has 1 saturated carbocycles. The molecule has 3 rings (SSSR count). The summed E-state index contributed by atoms with van der Waals surface area (Å²) in [6, 6.07) is 9.59. The Morgan fingerprint density at radius 3 is 2.90 bits per heavy atom. The van der Waals surface area contributed by atoms with Gasteiger partial charge in [0.1, 0.15) is 0 Å². The van der Waals surface area contributed by atoms with Crippen LogP contribution in [0.4, 0.5) is 0 Å². The summed E-state index contributed by atoms with van der Waals surface area (Å²) in [5, 5.41) is 7.40. The highest BCUT2D eigenvalue weighted by Crippen LogP contribution is 2.42. The number of benzene rings is 1. The summed E-state index contributed by atoms with van der Waals surface area (Å²) in [6.45, 7) is 5.63. The number of nitrogens with one attached hydrogen (secondary N) is 1. The molecule has 1 heterocycles. The second kappa shape index (κ2) is 6.28. The van der Waals surface area contributed by atoms with Crippen LogP contribution in [0.1, 0.15) is 51.1 Å². The minimum atomic E-state index is 0.541. The van der Waals surface area contributed by atoms with Gasteiger partial charge in [0.15, 0.2) is 0 Å². The predicted molar refractivity (Wildman–Crippen MR) is 89.4 cm³/mol. The van der Waals surface area contributed by atoms with E-state index < -0.39 is 0 Å². The molecule has 0 spiro atoms. The SMILES string of the molecule is CCNC(c1cccc2ccsc12)C1CCC(CC)C1. The number of hydrogen-bond donors (Lipinski definition) is 1. The molecule has 1 N–H and O–H groups in total. The van der Waals surface area contributed by atoms with Crippen molar-refractivity contribution >= 4 is 21.4 Å². The van der Waals surface area contributed by atoms with Gasteiger partial charge < -0.3 is 5.32 Å². The van der Waals surface area contributed by atoms with Gasteiger partial charge in [-0.25, -0.2) is 0 Å². The lowest BCUT2D eigenvalue weighted by atomic mass is 9.90. The van der Waals surface area contributed by atoms with Gasteiger partial charge in [-0.1, -0.05) is 44.9 Å². The van der Waals surface area contributed by atoms with Crippen LogP contribution in [0, 0.1) is 11.8 Å². The van der Waals surface area contributed by atoms with E-state index in [1.165, 1.54) is 41.3 Å². The van der Waals surface area contributed by atoms with E-state index >= 15 is 0 Å². The Bertz CT molecular complexity index is 559. The lowest BCUT2D eigenvalue weighted by Crippen LogP contribution is -2.27. The van der Waals surface area contributed by atoms with Gasteiger partial charge in [-0.2, -0.15) is 0 Å². The summed E-state index contributed by atoms with van der Waals surface area (Å²) in [4.78, 5) is 0. The second-order valence-electron chi connectivity index (χ2n) is 6.07. The molecule has 0 radical (unpaired) electrons. The third-order valence-electron chi connectivity index (χ3n) is 4.90. The van der Waals surface area contributed by atoms with Crippen molar-refractivity contribution in [2.75, 3.05) is 6.54 Å². The summed E-state index contributed by atoms with van der Waals surface area (Å²) in [5.41, 5.74) is 1.53. The van der Waals surface area contributed by atoms with Gasteiger partial charge in [-0.05, 0) is 53.6 Å². The Morgan fingerprint density at radius 1 is 1.25 bits per heavy atom. The van der Waals surface area contributed by atoms with Gasteiger partial charge in [-0.3, -0.25) is 0 Å². The average molecular weight is 287 g/mol. The van der Waals surface area contributed by atoms with Gasteiger partial charge >= 0.3 is 0 Å². The van der Waals surface area contributed by atoms with E-state index in [-0.39, 0.29) is 0 Å². The van der Waals surface area contributed by atoms with Crippen molar-refractivity contribution < 1.29 is 0 Å². The maximum Gasteiger partial charge on any atom is 0.0390 e. The van der Waals surface area contributed by atoms with Crippen LogP contribution in [0.3, 0.4) is 0 Å². The molecule has 0 bridgehead atoms. The molecule has 3 unspecified atom stereocenters. The zero-order valence-corrected chi connectivity index (χ0v) is 13.4. The average Bonchev–Trinajstić information content (AvgIpc) is 3.12. The van der Waals surface area contributed by atoms with E-state index in [0.717, 1.165) is 18.4 Å². The van der Waals surface area contributed by atoms with Crippen LogP contribution in [0.2, 0.25) is 0 Å². The third-order valence-corrected chi connectivity index (χ3v) is 5.88. The van der Waals surface area contributed by atoms with Gasteiger partial charge in [0.05, 0.1) is 0 Å². The first-order chi connectivity index (χ1) is 9.83. The fraction of sp³-hybridized carbons (Fsp3) is 0.556. The quantitative estimate of drug-likeness (QED) is 0.778. The van der Waals surface area contributed by atoms with Crippen LogP contribution in [0.25, 0.3) is 10.1 Å². The summed E-state index contributed by atoms with van der Waals surface area (Å²) < 4.78 is 1.48. The first-order valence-corrected chi connectivity index (χ1v) is 8.91. The van der Waals surface area contributed by atoms with Crippen molar-refractivity contribution in [2.45, 2.75) is 45.6 Å². The lowest BCUT2D eigenvalue weighted by molar-refractivity contribution is 0.361. The predicted octanol–water partition coefficient (Wildman–Crippen LogP) is 5.38. The van der Waals surface area contributed by atoms with E-state index in [2.05, 4.69) is 48.8 Å². The molecule has 20 heavy (non-hydrogen) atoms. The van der Waals surface area contributed by atoms with Crippen molar-refractivity contribution in [3.63, 3.8) is 0 Å². The summed E-state index contributed by atoms with van der Waals surface area (Å²) in [6.07, 6.45) is 5.55. The highest BCUT2D eigenvalue weighted by Gasteiger charge is 2.31. The van der Waals surface area contributed by atoms with E-state index in [1.54, 1.807) is 0 Å². The molecule has 2 heteroatoms. The van der Waals surface area contributed by atoms with Crippen LogP contribution >= 0.6 is 11.3 Å². The van der Waals surface area contributed by atoms with Crippen LogP contribution in [0.15, 0.2) is 29.6 Å². The Hall–Kier alpha value is -0.860. The Labute approximate surface area is 126 Å². The fourth-order valence-corrected chi connectivity index (χ4v) is 4.75. The molecule has 108 valence electrons. The van der Waals surface area contributed by atoms with Crippen molar-refractivity contribution in [3.8, 4) is 0 Å². The van der Waals surface area contributed by atoms with Crippen LogP contribution in [-0.4, -0.2) is 6.54 Å². The maximum atomic E-state index is 3.77. The molecule has 1 aliphatic carbocycles. The third kappa shape index (κ3) is 2.64. The van der Waals surface area contributed by atoms with Crippen LogP contribution in [0.5, 0.6) is 0 Å². The Kier molecular flexibility index (Phi) is 4.42. The highest BCUT2D eigenvalue weighted by molar-refractivity contribution is 7.17. The standard InChI is InChI=1S/C18H25NS/c1-3-13-8-9-15(12-13)17(19-4-2)16-7-5-6-14-10-11-20-18(14)16/h5-7,10-11,13,15,17,19H,3-4,8-9,12H2,1-2H3. The molecule has 1 fully saturated rings. The normalized spacial score (nSPS) is 24.3. The number of hydrogen-bond acceptors (Lipinski definition) is 2. The molecular formula is C18H25NS. The van der Waals surface area contributed by atoms with Gasteiger partial charge in [-0.15, -0.1) is 11.3 Å². The van der Waals surface area contributed by atoms with Crippen LogP contribution < -0.4 is 5.32 Å². The highest BCUT2D eigenvalue weighted by atomic mass is 32.1. The van der Waals surface area contributed by atoms with Crippen molar-refractivity contribution in [1.29, 1.82) is 0 Å². The van der Waals surface area contributed by atoms with Gasteiger partial charge in [0, 0.05) is 10.7 Å². The van der Waals surface area contributed by atoms with Crippen molar-refractivity contribution in [3.05, 3.63) is 35.2 Å². The molecule has 1 aromatic carbocycles. The topological polar surface area (TPSA) is 12.0 Å². The van der Waals surface area contributed by atoms with Crippen molar-refractivity contribution in [2.24, 2.45) is 11.8 Å². The zero-order chi connectivity index (χ0) is 13.9. The molecule has 2 aromatic rings. The van der Waals surface area contributed by atoms with Gasteiger partial charge in [0.2, 0.25) is 0 Å². The second-order valence-corrected chi connectivity index (χ2v) is 6.99. The summed E-state index contributed by atoms with van der Waals surface area (Å²) in [7, 11) is 0. The minimum absolute atomic E-state index is 0.541. The number of fused-ring (bicyclic) bond motifs is 1. The Balaban J connectivity index is 1.92. The molecule has 1 nitrogen and oxygen atoms in total. The monoisotopic (exact) mass is 287 g/mol. The molecule has 1 aromatic heterocycles. The van der Waals surface area contributed by atoms with E-state index in [9.17, 15) is 0 Å². The maximum absolute atomic E-state index is 3.77.